The molecule has 3 aliphatic rings. The summed E-state index contributed by atoms with van der Waals surface area (Å²) in [6.07, 6.45) is 3.74. The van der Waals surface area contributed by atoms with Gasteiger partial charge in [-0.1, -0.05) is 85.9 Å². The minimum absolute atomic E-state index is 0.0487. The normalized spacial score (nSPS) is 22.8. The second-order valence-electron chi connectivity index (χ2n) is 16.2. The molecule has 5 atom stereocenters. The Labute approximate surface area is 334 Å². The maximum absolute atomic E-state index is 15.1. The molecule has 57 heavy (non-hydrogen) atoms. The summed E-state index contributed by atoms with van der Waals surface area (Å²) >= 11 is 0. The lowest BCUT2D eigenvalue weighted by molar-refractivity contribution is -0.150. The zero-order chi connectivity index (χ0) is 40.1. The summed E-state index contributed by atoms with van der Waals surface area (Å²) in [6.45, 7) is 11.1. The van der Waals surface area contributed by atoms with Gasteiger partial charge < -0.3 is 34.7 Å². The molecule has 1 fully saturated rings. The second-order valence-corrected chi connectivity index (χ2v) is 20.9. The number of carbonyl (C=O) groups excluding carboxylic acids is 3. The highest BCUT2D eigenvalue weighted by atomic mass is 28.3. The predicted molar refractivity (Wildman–Crippen MR) is 225 cm³/mol. The van der Waals surface area contributed by atoms with Crippen molar-refractivity contribution < 1.29 is 29.0 Å². The highest BCUT2D eigenvalue weighted by Crippen LogP contribution is 2.60. The van der Waals surface area contributed by atoms with Gasteiger partial charge in [-0.25, -0.2) is 0 Å². The number of hydrogen-bond acceptors (Lipinski definition) is 6. The number of nitrogens with zero attached hydrogens (tertiary/aromatic N) is 2. The zero-order valence-electron chi connectivity index (χ0n) is 33.0. The van der Waals surface area contributed by atoms with Crippen molar-refractivity contribution in [2.45, 2.75) is 69.1 Å². The Balaban J connectivity index is 1.17. The van der Waals surface area contributed by atoms with Crippen LogP contribution in [0.2, 0.25) is 18.6 Å². The fourth-order valence-corrected chi connectivity index (χ4v) is 13.9. The first-order valence-electron chi connectivity index (χ1n) is 19.7. The van der Waals surface area contributed by atoms with Gasteiger partial charge in [0.25, 0.3) is 5.91 Å². The summed E-state index contributed by atoms with van der Waals surface area (Å²) in [7, 11) is -0.911. The molecular weight excluding hydrogens is 733 g/mol. The lowest BCUT2D eigenvalue weighted by Gasteiger charge is -2.39. The van der Waals surface area contributed by atoms with Crippen molar-refractivity contribution in [2.24, 2.45) is 5.92 Å². The molecule has 4 aromatic carbocycles. The highest BCUT2D eigenvalue weighted by molar-refractivity contribution is 6.91. The Bertz CT molecular complexity index is 2360. The summed E-state index contributed by atoms with van der Waals surface area (Å²) in [6, 6.07) is 29.3. The van der Waals surface area contributed by atoms with Gasteiger partial charge in [0.2, 0.25) is 11.8 Å². The SMILES string of the molecule is C=CCN1C(=O)[C@@]2(O[C@@H](CC(=O)N3Cc4ccccc4C[C@H]3CO)[C@H]([Si](C)(C)c3ccc(OC)cc3)[C@H]2C)c2cc(NC(=O)Cc3c[nH]c4ccccc34)ccc21. The van der Waals surface area contributed by atoms with Gasteiger partial charge >= 0.3 is 0 Å². The maximum atomic E-state index is 15.1. The molecule has 0 unspecified atom stereocenters. The number of methoxy groups -OCH3 is 1. The van der Waals surface area contributed by atoms with E-state index >= 15 is 4.79 Å². The second kappa shape index (κ2) is 15.1. The Kier molecular flexibility index (Phi) is 10.2. The number of aromatic nitrogens is 1. The van der Waals surface area contributed by atoms with Gasteiger partial charge in [-0.2, -0.15) is 0 Å². The molecule has 3 aliphatic heterocycles. The third-order valence-electron chi connectivity index (χ3n) is 12.7. The quantitative estimate of drug-likeness (QED) is 0.105. The number of hydrogen-bond donors (Lipinski definition) is 3. The Morgan fingerprint density at radius 1 is 1.05 bits per heavy atom. The van der Waals surface area contributed by atoms with E-state index in [4.69, 9.17) is 9.47 Å². The molecule has 5 aromatic rings. The van der Waals surface area contributed by atoms with Crippen molar-refractivity contribution in [3.8, 4) is 5.75 Å². The Morgan fingerprint density at radius 3 is 2.53 bits per heavy atom. The third kappa shape index (κ3) is 6.57. The molecule has 10 nitrogen and oxygen atoms in total. The molecule has 0 saturated carbocycles. The van der Waals surface area contributed by atoms with Gasteiger partial charge in [0.05, 0.1) is 52.5 Å². The topological polar surface area (TPSA) is 124 Å². The van der Waals surface area contributed by atoms with E-state index in [2.05, 4.69) is 55.1 Å². The smallest absolute Gasteiger partial charge is 0.264 e. The summed E-state index contributed by atoms with van der Waals surface area (Å²) < 4.78 is 12.7. The molecule has 3 amide bonds. The number of H-pyrrole nitrogens is 1. The van der Waals surface area contributed by atoms with Crippen LogP contribution in [0.3, 0.4) is 0 Å². The molecule has 294 valence electrons. The predicted octanol–water partition coefficient (Wildman–Crippen LogP) is 6.44. The van der Waals surface area contributed by atoms with Crippen LogP contribution in [0.1, 0.15) is 35.6 Å². The minimum Gasteiger partial charge on any atom is -0.497 e. The van der Waals surface area contributed by atoms with Crippen LogP contribution in [0, 0.1) is 5.92 Å². The lowest BCUT2D eigenvalue weighted by atomic mass is 9.82. The molecule has 1 saturated heterocycles. The van der Waals surface area contributed by atoms with Crippen molar-refractivity contribution >= 4 is 53.3 Å². The van der Waals surface area contributed by atoms with E-state index in [-0.39, 0.29) is 61.2 Å². The maximum Gasteiger partial charge on any atom is 0.264 e. The molecule has 0 radical (unpaired) electrons. The number of amides is 3. The number of carbonyl (C=O) groups is 3. The summed E-state index contributed by atoms with van der Waals surface area (Å²) in [5.41, 5.74) is 4.38. The van der Waals surface area contributed by atoms with Crippen LogP contribution in [-0.2, 0) is 44.1 Å². The molecular formula is C46H50N4O6Si. The van der Waals surface area contributed by atoms with E-state index in [0.29, 0.717) is 29.9 Å². The molecule has 1 aromatic heterocycles. The number of nitrogens with one attached hydrogen (secondary N) is 2. The van der Waals surface area contributed by atoms with E-state index in [1.807, 2.05) is 79.0 Å². The molecule has 0 bridgehead atoms. The van der Waals surface area contributed by atoms with Gasteiger partial charge in [0.1, 0.15) is 5.75 Å². The van der Waals surface area contributed by atoms with Crippen molar-refractivity contribution in [2.75, 3.05) is 30.5 Å². The summed E-state index contributed by atoms with van der Waals surface area (Å²) in [5, 5.41) is 15.7. The van der Waals surface area contributed by atoms with E-state index in [1.165, 1.54) is 0 Å². The van der Waals surface area contributed by atoms with Crippen LogP contribution in [0.4, 0.5) is 11.4 Å². The first-order valence-corrected chi connectivity index (χ1v) is 22.8. The molecule has 4 heterocycles. The Hall–Kier alpha value is -5.49. The average molecular weight is 783 g/mol. The standard InChI is InChI=1S/C46H50N4O6Si/c1-6-21-49-40-20-15-33(48-42(52)23-32-26-47-39-14-10-9-13-37(32)39)24-38(40)46(45(49)54)29(2)44(57(4,5)36-18-16-35(55-3)17-19-36)41(56-46)25-43(53)50-27-31-12-8-7-11-30(31)22-34(50)28-51/h6-20,24,26,29,34,41,44,47,51H,1,21-23,25,27-28H2,2-5H3,(H,48,52)/t29-,34+,41+,44-,46+/m1/s1. The molecule has 1 spiro atoms. The number of aromatic amines is 1. The molecule has 11 heteroatoms. The molecule has 0 aliphatic carbocycles. The molecule has 8 rings (SSSR count). The zero-order valence-corrected chi connectivity index (χ0v) is 34.0. The van der Waals surface area contributed by atoms with Crippen molar-refractivity contribution in [1.29, 1.82) is 0 Å². The van der Waals surface area contributed by atoms with Gasteiger partial charge in [0, 0.05) is 47.4 Å². The van der Waals surface area contributed by atoms with Crippen LogP contribution in [-0.4, -0.2) is 73.2 Å². The average Bonchev–Trinajstić information content (AvgIpc) is 3.83. The lowest BCUT2D eigenvalue weighted by Crippen LogP contribution is -2.52. The third-order valence-corrected chi connectivity index (χ3v) is 17.1. The number of aliphatic hydroxyl groups excluding tert-OH is 1. The first-order chi connectivity index (χ1) is 27.5. The summed E-state index contributed by atoms with van der Waals surface area (Å²) in [5.74, 6) is -0.103. The fraction of sp³-hybridized carbons (Fsp3) is 0.326. The van der Waals surface area contributed by atoms with Crippen LogP contribution in [0.15, 0.2) is 110 Å². The number of para-hydroxylation sites is 1. The monoisotopic (exact) mass is 782 g/mol. The van der Waals surface area contributed by atoms with Crippen LogP contribution in [0.25, 0.3) is 10.9 Å². The van der Waals surface area contributed by atoms with Gasteiger partial charge in [-0.3, -0.25) is 14.4 Å². The number of aliphatic hydroxyl groups is 1. The number of benzene rings is 4. The van der Waals surface area contributed by atoms with Gasteiger partial charge in [0.15, 0.2) is 5.60 Å². The number of fused-ring (bicyclic) bond motifs is 4. The van der Waals surface area contributed by atoms with Gasteiger partial charge in [-0.15, -0.1) is 6.58 Å². The van der Waals surface area contributed by atoms with Crippen LogP contribution < -0.4 is 20.1 Å². The largest absolute Gasteiger partial charge is 0.497 e. The number of rotatable bonds is 11. The fourth-order valence-electron chi connectivity index (χ4n) is 9.89. The Morgan fingerprint density at radius 2 is 1.79 bits per heavy atom. The van der Waals surface area contributed by atoms with Gasteiger partial charge in [-0.05, 0) is 65.1 Å². The number of anilines is 2. The van der Waals surface area contributed by atoms with Crippen LogP contribution >= 0.6 is 0 Å². The first kappa shape index (κ1) is 38.4. The minimum atomic E-state index is -2.56. The van der Waals surface area contributed by atoms with Crippen molar-refractivity contribution in [1.82, 2.24) is 9.88 Å². The highest BCUT2D eigenvalue weighted by Gasteiger charge is 2.66. The number of ether oxygens (including phenoxy) is 2. The van der Waals surface area contributed by atoms with E-state index in [0.717, 1.165) is 38.5 Å². The van der Waals surface area contributed by atoms with E-state index in [1.54, 1.807) is 23.0 Å². The molecule has 3 N–H and O–H groups in total. The van der Waals surface area contributed by atoms with Crippen LogP contribution in [0.5, 0.6) is 5.75 Å². The summed E-state index contributed by atoms with van der Waals surface area (Å²) in [4.78, 5) is 49.9. The van der Waals surface area contributed by atoms with E-state index in [9.17, 15) is 14.7 Å². The van der Waals surface area contributed by atoms with Crippen molar-refractivity contribution in [3.05, 3.63) is 132 Å². The van der Waals surface area contributed by atoms with Crippen molar-refractivity contribution in [3.63, 3.8) is 0 Å². The van der Waals surface area contributed by atoms with E-state index < -0.39 is 19.8 Å².